The fraction of sp³-hybridized carbons (Fsp3) is 0.392. The molecule has 8 rings (SSSR count). The molecule has 17 nitrogen and oxygen atoms in total. The number of carbonyl (C=O) groups excluding carboxylic acids is 8. The Bertz CT molecular complexity index is 2620. The molecule has 3 aromatic carbocycles. The molecule has 0 saturated carbocycles. The third-order valence-electron chi connectivity index (χ3n) is 13.3. The van der Waals surface area contributed by atoms with Crippen molar-refractivity contribution in [3.8, 4) is 22.6 Å². The van der Waals surface area contributed by atoms with Crippen LogP contribution in [0.25, 0.3) is 11.1 Å². The van der Waals surface area contributed by atoms with Crippen LogP contribution < -0.4 is 20.7 Å². The van der Waals surface area contributed by atoms with Gasteiger partial charge < -0.3 is 30.1 Å². The molecule has 1 aromatic heterocycles. The number of rotatable bonds is 17. The van der Waals surface area contributed by atoms with Crippen LogP contribution in [0.4, 0.5) is 0 Å². The standard InChI is InChI=1S/C51H54N6O11/c1-67-50(66)51(29-33-11-7-8-12-34(33)30-51)55-47(63)43-44(60)36(22-25-52-43)31-16-18-32(19-17-31)45(61)53-35-23-26-56(27-24-35)41(59)15-6-4-2-3-5-9-28-68-39-14-10-13-37-42(39)49(65)57(48(37)64)38-20-21-40(58)54-46(38)62/h7-8,10-14,16-19,22,25,35,38,60H,2-6,9,15,20-21,23-24,26-30H2,1H3,(H,53,61)(H,55,63)(H,54,58,62). The molecule has 0 spiro atoms. The Morgan fingerprint density at radius 1 is 0.794 bits per heavy atom. The molecule has 4 heterocycles. The number of likely N-dealkylation sites (tertiary alicyclic amines) is 1. The number of fused-ring (bicyclic) bond motifs is 2. The third-order valence-corrected chi connectivity index (χ3v) is 13.3. The largest absolute Gasteiger partial charge is 0.505 e. The summed E-state index contributed by atoms with van der Waals surface area (Å²) >= 11 is 0. The fourth-order valence-electron chi connectivity index (χ4n) is 9.60. The van der Waals surface area contributed by atoms with E-state index in [1.54, 1.807) is 42.5 Å². The molecule has 4 aromatic rings. The van der Waals surface area contributed by atoms with E-state index in [1.807, 2.05) is 29.2 Å². The summed E-state index contributed by atoms with van der Waals surface area (Å²) in [5, 5.41) is 19.3. The van der Waals surface area contributed by atoms with Crippen LogP contribution in [-0.4, -0.2) is 112 Å². The molecule has 2 fully saturated rings. The number of unbranched alkanes of at least 4 members (excludes halogenated alkanes) is 5. The second-order valence-corrected chi connectivity index (χ2v) is 17.8. The number of esters is 1. The fourth-order valence-corrected chi connectivity index (χ4v) is 9.60. The number of aromatic nitrogens is 1. The number of piperidine rings is 2. The lowest BCUT2D eigenvalue weighted by molar-refractivity contribution is -0.148. The molecule has 354 valence electrons. The maximum atomic E-state index is 13.5. The quantitative estimate of drug-likeness (QED) is 0.0635. The summed E-state index contributed by atoms with van der Waals surface area (Å²) in [5.41, 5.74) is 1.87. The van der Waals surface area contributed by atoms with Crippen LogP contribution in [0.1, 0.15) is 123 Å². The molecule has 1 aliphatic carbocycles. The van der Waals surface area contributed by atoms with Crippen LogP contribution in [0.5, 0.6) is 11.5 Å². The molecule has 17 heteroatoms. The first-order valence-electron chi connectivity index (χ1n) is 23.2. The molecule has 2 saturated heterocycles. The van der Waals surface area contributed by atoms with Crippen LogP contribution in [0, 0.1) is 0 Å². The van der Waals surface area contributed by atoms with Gasteiger partial charge in [0.05, 0.1) is 24.8 Å². The smallest absolute Gasteiger partial charge is 0.332 e. The average Bonchev–Trinajstić information content (AvgIpc) is 3.85. The zero-order valence-electron chi connectivity index (χ0n) is 37.8. The molecule has 7 amide bonds. The monoisotopic (exact) mass is 926 g/mol. The van der Waals surface area contributed by atoms with Crippen molar-refractivity contribution in [2.75, 3.05) is 26.8 Å². The van der Waals surface area contributed by atoms with Crippen molar-refractivity contribution >= 4 is 47.3 Å². The Hall–Kier alpha value is -7.43. The normalized spacial score (nSPS) is 17.6. The van der Waals surface area contributed by atoms with Gasteiger partial charge in [0.2, 0.25) is 17.7 Å². The van der Waals surface area contributed by atoms with E-state index in [1.165, 1.54) is 19.4 Å². The number of methoxy groups -OCH3 is 1. The van der Waals surface area contributed by atoms with Gasteiger partial charge in [-0.2, -0.15) is 0 Å². The van der Waals surface area contributed by atoms with Gasteiger partial charge in [-0.3, -0.25) is 43.8 Å². The van der Waals surface area contributed by atoms with E-state index in [0.29, 0.717) is 61.4 Å². The van der Waals surface area contributed by atoms with E-state index in [9.17, 15) is 43.5 Å². The van der Waals surface area contributed by atoms with Crippen LogP contribution in [0.2, 0.25) is 0 Å². The molecule has 68 heavy (non-hydrogen) atoms. The van der Waals surface area contributed by atoms with Gasteiger partial charge in [-0.25, -0.2) is 9.78 Å². The summed E-state index contributed by atoms with van der Waals surface area (Å²) in [6.07, 6.45) is 8.91. The minimum absolute atomic E-state index is 0.0471. The summed E-state index contributed by atoms with van der Waals surface area (Å²) < 4.78 is 11.0. The predicted molar refractivity (Wildman–Crippen MR) is 245 cm³/mol. The highest BCUT2D eigenvalue weighted by atomic mass is 16.5. The summed E-state index contributed by atoms with van der Waals surface area (Å²) in [6, 6.07) is 19.4. The van der Waals surface area contributed by atoms with Gasteiger partial charge in [0.15, 0.2) is 11.4 Å². The highest BCUT2D eigenvalue weighted by Gasteiger charge is 2.48. The number of nitrogens with zero attached hydrogens (tertiary/aromatic N) is 3. The lowest BCUT2D eigenvalue weighted by Crippen LogP contribution is -2.56. The number of hydrogen-bond acceptors (Lipinski definition) is 12. The Kier molecular flexibility index (Phi) is 14.3. The zero-order chi connectivity index (χ0) is 48.0. The van der Waals surface area contributed by atoms with Gasteiger partial charge in [-0.15, -0.1) is 0 Å². The van der Waals surface area contributed by atoms with Crippen LogP contribution in [-0.2, 0) is 36.8 Å². The predicted octanol–water partition coefficient (Wildman–Crippen LogP) is 4.83. The lowest BCUT2D eigenvalue weighted by atomic mass is 9.95. The molecule has 4 N–H and O–H groups in total. The third kappa shape index (κ3) is 9.97. The maximum Gasteiger partial charge on any atom is 0.332 e. The Morgan fingerprint density at radius 2 is 1.49 bits per heavy atom. The van der Waals surface area contributed by atoms with Crippen LogP contribution in [0.15, 0.2) is 79.0 Å². The van der Waals surface area contributed by atoms with E-state index in [2.05, 4.69) is 20.9 Å². The minimum atomic E-state index is -1.34. The number of pyridine rings is 1. The van der Waals surface area contributed by atoms with Crippen molar-refractivity contribution in [3.05, 3.63) is 113 Å². The Morgan fingerprint density at radius 3 is 2.18 bits per heavy atom. The SMILES string of the molecule is COC(=O)C1(NC(=O)c2nccc(-c3ccc(C(=O)NC4CCN(C(=O)CCCCCCCCOc5cccc6c5C(=O)N(C5CCC(=O)NC5=O)C6=O)CC4)cc3)c2O)Cc2ccccc2C1. The minimum Gasteiger partial charge on any atom is -0.505 e. The first kappa shape index (κ1) is 47.1. The lowest BCUT2D eigenvalue weighted by Gasteiger charge is -2.32. The number of carbonyl (C=O) groups is 8. The van der Waals surface area contributed by atoms with Gasteiger partial charge in [-0.1, -0.05) is 68.1 Å². The molecule has 0 bridgehead atoms. The molecule has 0 radical (unpaired) electrons. The number of aromatic hydroxyl groups is 1. The van der Waals surface area contributed by atoms with Crippen LogP contribution >= 0.6 is 0 Å². The van der Waals surface area contributed by atoms with E-state index >= 15 is 0 Å². The highest BCUT2D eigenvalue weighted by Crippen LogP contribution is 2.36. The number of amides is 7. The summed E-state index contributed by atoms with van der Waals surface area (Å²) in [5.74, 6) is -3.81. The number of nitrogens with one attached hydrogen (secondary N) is 3. The summed E-state index contributed by atoms with van der Waals surface area (Å²) in [7, 11) is 1.27. The van der Waals surface area contributed by atoms with Crippen molar-refractivity contribution in [3.63, 3.8) is 0 Å². The van der Waals surface area contributed by atoms with E-state index < -0.39 is 47.1 Å². The van der Waals surface area contributed by atoms with E-state index in [0.717, 1.165) is 54.6 Å². The first-order chi connectivity index (χ1) is 32.9. The van der Waals surface area contributed by atoms with Crippen molar-refractivity contribution in [2.24, 2.45) is 0 Å². The van der Waals surface area contributed by atoms with E-state index in [4.69, 9.17) is 9.47 Å². The van der Waals surface area contributed by atoms with Crippen molar-refractivity contribution in [1.29, 1.82) is 0 Å². The second-order valence-electron chi connectivity index (χ2n) is 17.8. The van der Waals surface area contributed by atoms with Gasteiger partial charge in [0.25, 0.3) is 23.6 Å². The number of ether oxygens (including phenoxy) is 2. The Labute approximate surface area is 393 Å². The maximum absolute atomic E-state index is 13.5. The summed E-state index contributed by atoms with van der Waals surface area (Å²) in [6.45, 7) is 1.44. The topological polar surface area (TPSA) is 231 Å². The van der Waals surface area contributed by atoms with Crippen molar-refractivity contribution < 1.29 is 52.9 Å². The van der Waals surface area contributed by atoms with Gasteiger partial charge >= 0.3 is 5.97 Å². The number of benzene rings is 3. The second kappa shape index (κ2) is 20.6. The molecular formula is C51H54N6O11. The summed E-state index contributed by atoms with van der Waals surface area (Å²) in [4.78, 5) is 110. The highest BCUT2D eigenvalue weighted by molar-refractivity contribution is 6.24. The van der Waals surface area contributed by atoms with Crippen molar-refractivity contribution in [1.82, 2.24) is 30.7 Å². The molecule has 4 aliphatic rings. The molecule has 1 atom stereocenters. The Balaban J connectivity index is 0.720. The van der Waals surface area contributed by atoms with Gasteiger partial charge in [0.1, 0.15) is 17.3 Å². The molecular weight excluding hydrogens is 873 g/mol. The number of imide groups is 2. The number of hydrogen-bond donors (Lipinski definition) is 4. The molecule has 3 aliphatic heterocycles. The zero-order valence-corrected chi connectivity index (χ0v) is 37.8. The first-order valence-corrected chi connectivity index (χ1v) is 23.2. The van der Waals surface area contributed by atoms with Gasteiger partial charge in [-0.05, 0) is 79.1 Å². The van der Waals surface area contributed by atoms with Crippen molar-refractivity contribution in [2.45, 2.75) is 101 Å². The average molecular weight is 927 g/mol. The molecule has 1 unspecified atom stereocenters. The van der Waals surface area contributed by atoms with E-state index in [-0.39, 0.29) is 66.1 Å². The van der Waals surface area contributed by atoms with Crippen LogP contribution in [0.3, 0.4) is 0 Å². The van der Waals surface area contributed by atoms with Gasteiger partial charge in [0, 0.05) is 62.1 Å².